The lowest BCUT2D eigenvalue weighted by Crippen LogP contribution is -2.36. The molecule has 1 aliphatic carbocycles. The number of morpholine rings is 1. The van der Waals surface area contributed by atoms with Crippen LogP contribution in [0.15, 0.2) is 24.3 Å². The Kier molecular flexibility index (Phi) is 5.84. The van der Waals surface area contributed by atoms with Crippen molar-refractivity contribution in [2.75, 3.05) is 38.7 Å². The monoisotopic (exact) mass is 424 g/mol. The molecule has 2 aliphatic rings. The molecular weight excluding hydrogens is 396 g/mol. The first-order valence-corrected chi connectivity index (χ1v) is 11.6. The lowest BCUT2D eigenvalue weighted by atomic mass is 9.97. The normalized spacial score (nSPS) is 17.1. The fraction of sp³-hybridized carbons (Fsp3) is 0.478. The summed E-state index contributed by atoms with van der Waals surface area (Å²) >= 11 is 1.86. The Balaban J connectivity index is 1.49. The number of para-hydroxylation sites is 1. The third kappa shape index (κ3) is 4.02. The lowest BCUT2D eigenvalue weighted by molar-refractivity contribution is 0.0331. The highest BCUT2D eigenvalue weighted by molar-refractivity contribution is 7.19. The summed E-state index contributed by atoms with van der Waals surface area (Å²) in [5, 5.41) is 4.86. The molecule has 0 saturated carbocycles. The smallest absolute Gasteiger partial charge is 0.146 e. The topological polar surface area (TPSA) is 59.5 Å². The first-order chi connectivity index (χ1) is 14.8. The molecule has 6 nitrogen and oxygen atoms in total. The van der Waals surface area contributed by atoms with Crippen molar-refractivity contribution in [2.45, 2.75) is 38.8 Å². The molecule has 1 N–H and O–H groups in total. The number of ether oxygens (including phenoxy) is 2. The standard InChI is InChI=1S/C23H28N4O2S/c1-28-18-8-4-2-6-16(18)14-24-22-21-17-7-3-5-9-19(17)30-23(21)26-20(25-22)15-27-10-12-29-13-11-27/h2,4,6,8H,3,5,7,9-15H2,1H3,(H,24,25,26). The number of anilines is 1. The number of nitrogens with zero attached hydrogens (tertiary/aromatic N) is 3. The summed E-state index contributed by atoms with van der Waals surface area (Å²) in [5.74, 6) is 2.76. The van der Waals surface area contributed by atoms with E-state index in [0.29, 0.717) is 6.54 Å². The summed E-state index contributed by atoms with van der Waals surface area (Å²) in [6.45, 7) is 4.89. The van der Waals surface area contributed by atoms with Crippen molar-refractivity contribution < 1.29 is 9.47 Å². The molecule has 1 saturated heterocycles. The van der Waals surface area contributed by atoms with E-state index in [1.807, 2.05) is 29.5 Å². The Labute approximate surface area is 181 Å². The molecule has 0 spiro atoms. The quantitative estimate of drug-likeness (QED) is 0.645. The van der Waals surface area contributed by atoms with Crippen molar-refractivity contribution in [1.82, 2.24) is 14.9 Å². The summed E-state index contributed by atoms with van der Waals surface area (Å²) in [6, 6.07) is 8.15. The fourth-order valence-electron chi connectivity index (χ4n) is 4.39. The minimum absolute atomic E-state index is 0.678. The predicted molar refractivity (Wildman–Crippen MR) is 120 cm³/mol. The maximum Gasteiger partial charge on any atom is 0.146 e. The van der Waals surface area contributed by atoms with Gasteiger partial charge in [-0.15, -0.1) is 11.3 Å². The van der Waals surface area contributed by atoms with Gasteiger partial charge < -0.3 is 14.8 Å². The van der Waals surface area contributed by atoms with Crippen LogP contribution in [-0.2, 0) is 30.7 Å². The molecule has 0 amide bonds. The van der Waals surface area contributed by atoms with Crippen LogP contribution in [0.3, 0.4) is 0 Å². The molecule has 2 aromatic heterocycles. The highest BCUT2D eigenvalue weighted by Gasteiger charge is 2.22. The largest absolute Gasteiger partial charge is 0.496 e. The number of hydrogen-bond acceptors (Lipinski definition) is 7. The molecule has 1 aliphatic heterocycles. The van der Waals surface area contributed by atoms with E-state index in [9.17, 15) is 0 Å². The maximum atomic E-state index is 5.53. The summed E-state index contributed by atoms with van der Waals surface area (Å²) < 4.78 is 11.0. The van der Waals surface area contributed by atoms with E-state index in [4.69, 9.17) is 19.4 Å². The lowest BCUT2D eigenvalue weighted by Gasteiger charge is -2.26. The van der Waals surface area contributed by atoms with Crippen LogP contribution in [0.1, 0.15) is 34.7 Å². The highest BCUT2D eigenvalue weighted by atomic mass is 32.1. The average Bonchev–Trinajstić information content (AvgIpc) is 3.17. The van der Waals surface area contributed by atoms with Gasteiger partial charge in [-0.25, -0.2) is 9.97 Å². The average molecular weight is 425 g/mol. The number of thiophene rings is 1. The van der Waals surface area contributed by atoms with Gasteiger partial charge in [-0.3, -0.25) is 4.90 Å². The number of benzene rings is 1. The molecule has 0 atom stereocenters. The minimum atomic E-state index is 0.678. The van der Waals surface area contributed by atoms with Gasteiger partial charge in [0.2, 0.25) is 0 Å². The van der Waals surface area contributed by atoms with E-state index in [-0.39, 0.29) is 0 Å². The van der Waals surface area contributed by atoms with Crippen LogP contribution in [0.25, 0.3) is 10.2 Å². The molecule has 3 aromatic rings. The van der Waals surface area contributed by atoms with Crippen LogP contribution in [0.5, 0.6) is 5.75 Å². The molecule has 0 bridgehead atoms. The molecule has 158 valence electrons. The van der Waals surface area contributed by atoms with Gasteiger partial charge in [0, 0.05) is 30.1 Å². The first kappa shape index (κ1) is 19.7. The van der Waals surface area contributed by atoms with E-state index < -0.39 is 0 Å². The van der Waals surface area contributed by atoms with Crippen LogP contribution in [0.2, 0.25) is 0 Å². The Morgan fingerprint density at radius 3 is 2.83 bits per heavy atom. The van der Waals surface area contributed by atoms with Gasteiger partial charge in [0.1, 0.15) is 22.2 Å². The van der Waals surface area contributed by atoms with Crippen LogP contribution >= 0.6 is 11.3 Å². The molecule has 1 fully saturated rings. The molecule has 1 aromatic carbocycles. The Morgan fingerprint density at radius 1 is 1.13 bits per heavy atom. The Hall–Kier alpha value is -2.22. The van der Waals surface area contributed by atoms with Crippen LogP contribution in [0, 0.1) is 0 Å². The van der Waals surface area contributed by atoms with Crippen molar-refractivity contribution in [3.8, 4) is 5.75 Å². The number of aromatic nitrogens is 2. The van der Waals surface area contributed by atoms with Gasteiger partial charge in [0.25, 0.3) is 0 Å². The van der Waals surface area contributed by atoms with Gasteiger partial charge in [-0.05, 0) is 37.3 Å². The second-order valence-corrected chi connectivity index (χ2v) is 9.02. The van der Waals surface area contributed by atoms with E-state index >= 15 is 0 Å². The molecule has 30 heavy (non-hydrogen) atoms. The Morgan fingerprint density at radius 2 is 1.97 bits per heavy atom. The summed E-state index contributed by atoms with van der Waals surface area (Å²) in [7, 11) is 1.72. The minimum Gasteiger partial charge on any atom is -0.496 e. The van der Waals surface area contributed by atoms with Gasteiger partial charge in [0.05, 0.1) is 32.3 Å². The summed E-state index contributed by atoms with van der Waals surface area (Å²) in [6.07, 6.45) is 4.82. The second kappa shape index (κ2) is 8.88. The number of nitrogens with one attached hydrogen (secondary N) is 1. The van der Waals surface area contributed by atoms with Crippen molar-refractivity contribution in [2.24, 2.45) is 0 Å². The van der Waals surface area contributed by atoms with E-state index in [1.54, 1.807) is 7.11 Å². The highest BCUT2D eigenvalue weighted by Crippen LogP contribution is 2.39. The maximum absolute atomic E-state index is 5.53. The van der Waals surface area contributed by atoms with Crippen LogP contribution in [0.4, 0.5) is 5.82 Å². The van der Waals surface area contributed by atoms with Crippen molar-refractivity contribution >= 4 is 27.4 Å². The number of rotatable bonds is 6. The van der Waals surface area contributed by atoms with Gasteiger partial charge in [-0.1, -0.05) is 18.2 Å². The third-order valence-electron chi connectivity index (χ3n) is 5.97. The Bertz CT molecular complexity index is 1030. The van der Waals surface area contributed by atoms with Crippen molar-refractivity contribution in [1.29, 1.82) is 0 Å². The van der Waals surface area contributed by atoms with Crippen molar-refractivity contribution in [3.05, 3.63) is 46.1 Å². The van der Waals surface area contributed by atoms with Crippen molar-refractivity contribution in [3.63, 3.8) is 0 Å². The second-order valence-electron chi connectivity index (χ2n) is 7.93. The molecule has 0 radical (unpaired) electrons. The van der Waals surface area contributed by atoms with Crippen LogP contribution in [-0.4, -0.2) is 48.3 Å². The SMILES string of the molecule is COc1ccccc1CNc1nc(CN2CCOCC2)nc2sc3c(c12)CCCC3. The van der Waals surface area contributed by atoms with Gasteiger partial charge in [0.15, 0.2) is 0 Å². The first-order valence-electron chi connectivity index (χ1n) is 10.8. The number of methoxy groups -OCH3 is 1. The zero-order chi connectivity index (χ0) is 20.3. The van der Waals surface area contributed by atoms with Crippen LogP contribution < -0.4 is 10.1 Å². The molecule has 3 heterocycles. The molecular formula is C23H28N4O2S. The summed E-state index contributed by atoms with van der Waals surface area (Å²) in [5.41, 5.74) is 2.59. The molecule has 5 rings (SSSR count). The van der Waals surface area contributed by atoms with Gasteiger partial charge >= 0.3 is 0 Å². The summed E-state index contributed by atoms with van der Waals surface area (Å²) in [4.78, 5) is 15.0. The number of fused-ring (bicyclic) bond motifs is 3. The molecule has 0 unspecified atom stereocenters. The number of aryl methyl sites for hydroxylation is 2. The van der Waals surface area contributed by atoms with Gasteiger partial charge in [-0.2, -0.15) is 0 Å². The van der Waals surface area contributed by atoms with E-state index in [2.05, 4.69) is 16.3 Å². The zero-order valence-electron chi connectivity index (χ0n) is 17.4. The fourth-order valence-corrected chi connectivity index (χ4v) is 5.67. The third-order valence-corrected chi connectivity index (χ3v) is 7.15. The predicted octanol–water partition coefficient (Wildman–Crippen LogP) is 4.02. The molecule has 7 heteroatoms. The number of hydrogen-bond donors (Lipinski definition) is 1. The van der Waals surface area contributed by atoms with E-state index in [1.165, 1.54) is 35.1 Å². The van der Waals surface area contributed by atoms with E-state index in [0.717, 1.165) is 67.1 Å². The zero-order valence-corrected chi connectivity index (χ0v) is 18.3.